The van der Waals surface area contributed by atoms with Crippen molar-refractivity contribution in [1.82, 2.24) is 4.57 Å². The highest BCUT2D eigenvalue weighted by atomic mass is 19.4. The molecule has 1 aliphatic heterocycles. The van der Waals surface area contributed by atoms with Crippen LogP contribution in [0.25, 0.3) is 10.9 Å². The molecule has 1 N–H and O–H groups in total. The molecule has 1 atom stereocenters. The van der Waals surface area contributed by atoms with E-state index in [0.29, 0.717) is 12.1 Å². The Bertz CT molecular complexity index is 930. The number of rotatable bonds is 1. The summed E-state index contributed by atoms with van der Waals surface area (Å²) in [6.45, 7) is 2.91. The van der Waals surface area contributed by atoms with Gasteiger partial charge in [-0.3, -0.25) is 9.36 Å². The average molecular weight is 381 g/mol. The molecule has 2 aromatic rings. The molecule has 1 aliphatic rings. The lowest BCUT2D eigenvalue weighted by Gasteiger charge is -2.34. The maximum atomic E-state index is 13.2. The molecular weight excluding hydrogens is 368 g/mol. The predicted octanol–water partition coefficient (Wildman–Crippen LogP) is 3.58. The van der Waals surface area contributed by atoms with Gasteiger partial charge in [-0.1, -0.05) is 0 Å². The van der Waals surface area contributed by atoms with Gasteiger partial charge in [0.2, 0.25) is 0 Å². The van der Waals surface area contributed by atoms with Gasteiger partial charge in [-0.25, -0.2) is 0 Å². The van der Waals surface area contributed by atoms with Gasteiger partial charge in [0, 0.05) is 17.0 Å². The zero-order valence-corrected chi connectivity index (χ0v) is 13.5. The van der Waals surface area contributed by atoms with Crippen LogP contribution in [0.4, 0.5) is 26.3 Å². The number of aromatic nitrogens is 1. The molecule has 0 radical (unpaired) electrons. The number of halogens is 6. The lowest BCUT2D eigenvalue weighted by molar-refractivity contribution is -0.376. The summed E-state index contributed by atoms with van der Waals surface area (Å²) in [6, 6.07) is 1.77. The summed E-state index contributed by atoms with van der Waals surface area (Å²) in [5.41, 5.74) is -6.65. The summed E-state index contributed by atoms with van der Waals surface area (Å²) in [4.78, 5) is 12.2. The number of benzene rings is 1. The van der Waals surface area contributed by atoms with Crippen molar-refractivity contribution in [3.8, 4) is 5.75 Å². The number of aliphatic hydroxyl groups is 1. The van der Waals surface area contributed by atoms with Gasteiger partial charge in [0.05, 0.1) is 11.6 Å². The van der Waals surface area contributed by atoms with Gasteiger partial charge in [0.25, 0.3) is 11.2 Å². The molecule has 0 spiro atoms. The predicted molar refractivity (Wildman–Crippen MR) is 79.2 cm³/mol. The van der Waals surface area contributed by atoms with Gasteiger partial charge in [0.15, 0.2) is 0 Å². The lowest BCUT2D eigenvalue weighted by Crippen LogP contribution is -2.54. The number of nitrogens with zero attached hydrogens (tertiary/aromatic N) is 1. The van der Waals surface area contributed by atoms with Crippen molar-refractivity contribution in [3.05, 3.63) is 39.7 Å². The second kappa shape index (κ2) is 5.38. The number of pyridine rings is 1. The van der Waals surface area contributed by atoms with Crippen LogP contribution in [0.1, 0.15) is 24.1 Å². The topological polar surface area (TPSA) is 51.5 Å². The first-order valence-electron chi connectivity index (χ1n) is 7.48. The van der Waals surface area contributed by atoms with Crippen molar-refractivity contribution in [3.63, 3.8) is 0 Å². The molecule has 1 aromatic heterocycles. The minimum atomic E-state index is -6.00. The fraction of sp³-hybridized carbons (Fsp3) is 0.438. The lowest BCUT2D eigenvalue weighted by atomic mass is 9.89. The van der Waals surface area contributed by atoms with Gasteiger partial charge in [0.1, 0.15) is 12.4 Å². The molecule has 1 unspecified atom stereocenters. The van der Waals surface area contributed by atoms with E-state index in [-0.39, 0.29) is 28.8 Å². The molecule has 0 fully saturated rings. The Balaban J connectivity index is 2.44. The summed E-state index contributed by atoms with van der Waals surface area (Å²) in [6.07, 6.45) is -12.0. The van der Waals surface area contributed by atoms with Crippen molar-refractivity contribution in [2.45, 2.75) is 37.8 Å². The molecular formula is C16H13F6NO3. The monoisotopic (exact) mass is 381 g/mol. The van der Waals surface area contributed by atoms with Crippen LogP contribution in [0.5, 0.6) is 5.75 Å². The summed E-state index contributed by atoms with van der Waals surface area (Å²) >= 11 is 0. The van der Waals surface area contributed by atoms with E-state index < -0.39 is 35.1 Å². The van der Waals surface area contributed by atoms with Crippen LogP contribution < -0.4 is 10.3 Å². The van der Waals surface area contributed by atoms with Crippen LogP contribution in [0.15, 0.2) is 23.0 Å². The molecule has 0 saturated carbocycles. The minimum absolute atomic E-state index is 0.0319. The van der Waals surface area contributed by atoms with Crippen LogP contribution in [0, 0.1) is 6.92 Å². The average Bonchev–Trinajstić information content (AvgIpc) is 2.49. The Hall–Kier alpha value is -2.23. The molecule has 0 aliphatic carbocycles. The molecule has 26 heavy (non-hydrogen) atoms. The zero-order valence-electron chi connectivity index (χ0n) is 13.5. The first-order chi connectivity index (χ1) is 11.8. The van der Waals surface area contributed by atoms with E-state index in [2.05, 4.69) is 0 Å². The fourth-order valence-corrected chi connectivity index (χ4v) is 3.13. The largest absolute Gasteiger partial charge is 0.489 e. The van der Waals surface area contributed by atoms with E-state index in [1.165, 1.54) is 11.5 Å². The van der Waals surface area contributed by atoms with Gasteiger partial charge in [-0.05, 0) is 31.5 Å². The van der Waals surface area contributed by atoms with Gasteiger partial charge in [-0.15, -0.1) is 0 Å². The molecule has 4 nitrogen and oxygen atoms in total. The number of aryl methyl sites for hydroxylation is 1. The van der Waals surface area contributed by atoms with Crippen LogP contribution in [-0.4, -0.2) is 28.6 Å². The third kappa shape index (κ3) is 2.38. The maximum Gasteiger partial charge on any atom is 0.430 e. The molecule has 3 rings (SSSR count). The van der Waals surface area contributed by atoms with Crippen LogP contribution >= 0.6 is 0 Å². The van der Waals surface area contributed by atoms with Gasteiger partial charge < -0.3 is 9.84 Å². The van der Waals surface area contributed by atoms with E-state index in [0.717, 1.165) is 6.07 Å². The van der Waals surface area contributed by atoms with Gasteiger partial charge in [-0.2, -0.15) is 26.3 Å². The number of hydrogen-bond donors (Lipinski definition) is 1. The van der Waals surface area contributed by atoms with E-state index in [9.17, 15) is 36.2 Å². The number of ether oxygens (including phenoxy) is 1. The third-order valence-corrected chi connectivity index (χ3v) is 4.48. The first kappa shape index (κ1) is 18.6. The standard InChI is InChI=1S/C16H13F6NO3/c1-7-3-12(24)23-8(2)6-26-11-5-9(4-10(7)13(11)23)14(25,15(17,18)19)16(20,21)22/h3-5,8,25H,6H2,1-2H3. The van der Waals surface area contributed by atoms with Crippen LogP contribution in [-0.2, 0) is 5.60 Å². The smallest absolute Gasteiger partial charge is 0.430 e. The van der Waals surface area contributed by atoms with E-state index >= 15 is 0 Å². The fourth-order valence-electron chi connectivity index (χ4n) is 3.13. The molecule has 142 valence electrons. The van der Waals surface area contributed by atoms with Crippen LogP contribution in [0.3, 0.4) is 0 Å². The zero-order chi connectivity index (χ0) is 19.7. The quantitative estimate of drug-likeness (QED) is 0.769. The SMILES string of the molecule is Cc1cc(=O)n2c3c(cc(C(O)(C(F)(F)F)C(F)(F)F)cc13)OCC2C. The van der Waals surface area contributed by atoms with E-state index in [4.69, 9.17) is 4.74 Å². The summed E-state index contributed by atoms with van der Waals surface area (Å²) < 4.78 is 85.6. The van der Waals surface area contributed by atoms with Gasteiger partial charge >= 0.3 is 12.4 Å². The highest BCUT2D eigenvalue weighted by molar-refractivity contribution is 5.89. The number of hydrogen-bond acceptors (Lipinski definition) is 3. The van der Waals surface area contributed by atoms with E-state index in [1.54, 1.807) is 6.92 Å². The molecule has 0 bridgehead atoms. The second-order valence-electron chi connectivity index (χ2n) is 6.27. The van der Waals surface area contributed by atoms with Crippen molar-refractivity contribution < 1.29 is 36.2 Å². The van der Waals surface area contributed by atoms with E-state index in [1.807, 2.05) is 0 Å². The first-order valence-corrected chi connectivity index (χ1v) is 7.48. The third-order valence-electron chi connectivity index (χ3n) is 4.48. The number of alkyl halides is 6. The Morgan fingerprint density at radius 2 is 1.69 bits per heavy atom. The Morgan fingerprint density at radius 3 is 2.23 bits per heavy atom. The van der Waals surface area contributed by atoms with Crippen LogP contribution in [0.2, 0.25) is 0 Å². The molecule has 2 heterocycles. The van der Waals surface area contributed by atoms with Crippen molar-refractivity contribution in [2.75, 3.05) is 6.61 Å². The maximum absolute atomic E-state index is 13.2. The Labute approximate surface area is 142 Å². The molecule has 10 heteroatoms. The minimum Gasteiger partial charge on any atom is -0.489 e. The molecule has 0 saturated heterocycles. The summed E-state index contributed by atoms with van der Waals surface area (Å²) in [5.74, 6) is -0.316. The van der Waals surface area contributed by atoms with Crippen molar-refractivity contribution >= 4 is 10.9 Å². The molecule has 1 aromatic carbocycles. The molecule has 0 amide bonds. The van der Waals surface area contributed by atoms with Crippen molar-refractivity contribution in [2.24, 2.45) is 0 Å². The highest BCUT2D eigenvalue weighted by Crippen LogP contribution is 2.51. The van der Waals surface area contributed by atoms with Crippen molar-refractivity contribution in [1.29, 1.82) is 0 Å². The summed E-state index contributed by atoms with van der Waals surface area (Å²) in [5, 5.41) is 9.61. The Kier molecular flexibility index (Phi) is 3.84. The second-order valence-corrected chi connectivity index (χ2v) is 6.27. The summed E-state index contributed by atoms with van der Waals surface area (Å²) in [7, 11) is 0. The normalized spacial score (nSPS) is 18.1. The highest BCUT2D eigenvalue weighted by Gasteiger charge is 2.71. The Morgan fingerprint density at radius 1 is 1.12 bits per heavy atom.